The molecule has 25 heavy (non-hydrogen) atoms. The lowest BCUT2D eigenvalue weighted by Gasteiger charge is -2.13. The van der Waals surface area contributed by atoms with Crippen molar-refractivity contribution in [3.05, 3.63) is 71.3 Å². The molecule has 134 valence electrons. The third-order valence-electron chi connectivity index (χ3n) is 3.71. The minimum absolute atomic E-state index is 0. The molecular weight excluding hydrogens is 338 g/mol. The molecule has 3 N–H and O–H groups in total. The third kappa shape index (κ3) is 6.21. The Balaban J connectivity index is 0.00000312. The van der Waals surface area contributed by atoms with E-state index in [9.17, 15) is 9.59 Å². The minimum atomic E-state index is -0.581. The molecular formula is C19H24ClN3O2. The quantitative estimate of drug-likeness (QED) is 0.826. The van der Waals surface area contributed by atoms with E-state index in [1.54, 1.807) is 26.2 Å². The van der Waals surface area contributed by atoms with Crippen LogP contribution in [0.2, 0.25) is 0 Å². The van der Waals surface area contributed by atoms with Gasteiger partial charge in [-0.05, 0) is 29.7 Å². The van der Waals surface area contributed by atoms with Crippen molar-refractivity contribution in [2.75, 3.05) is 14.1 Å². The third-order valence-corrected chi connectivity index (χ3v) is 3.71. The summed E-state index contributed by atoms with van der Waals surface area (Å²) < 4.78 is 0. The maximum atomic E-state index is 12.1. The minimum Gasteiger partial charge on any atom is -0.351 e. The maximum absolute atomic E-state index is 12.1. The smallest absolute Gasteiger partial charge is 0.253 e. The fraction of sp³-hybridized carbons (Fsp3) is 0.263. The van der Waals surface area contributed by atoms with Crippen molar-refractivity contribution in [3.8, 4) is 0 Å². The van der Waals surface area contributed by atoms with Gasteiger partial charge in [-0.2, -0.15) is 0 Å². The van der Waals surface area contributed by atoms with Crippen LogP contribution in [-0.4, -0.2) is 36.9 Å². The summed E-state index contributed by atoms with van der Waals surface area (Å²) in [5.41, 5.74) is 8.53. The van der Waals surface area contributed by atoms with E-state index in [4.69, 9.17) is 5.73 Å². The highest BCUT2D eigenvalue weighted by Crippen LogP contribution is 2.07. The normalized spacial score (nSPS) is 11.2. The van der Waals surface area contributed by atoms with Crippen LogP contribution in [0.25, 0.3) is 0 Å². The van der Waals surface area contributed by atoms with Crippen LogP contribution in [0, 0.1) is 0 Å². The molecule has 0 fully saturated rings. The van der Waals surface area contributed by atoms with Crippen molar-refractivity contribution in [1.82, 2.24) is 10.2 Å². The van der Waals surface area contributed by atoms with Crippen LogP contribution < -0.4 is 11.1 Å². The molecule has 2 aromatic rings. The molecule has 0 saturated carbocycles. The van der Waals surface area contributed by atoms with Gasteiger partial charge in [0, 0.05) is 26.2 Å². The van der Waals surface area contributed by atoms with Crippen molar-refractivity contribution < 1.29 is 9.59 Å². The molecule has 0 spiro atoms. The number of rotatable bonds is 6. The van der Waals surface area contributed by atoms with Crippen LogP contribution in [0.3, 0.4) is 0 Å². The number of nitrogens with two attached hydrogens (primary N) is 1. The van der Waals surface area contributed by atoms with E-state index in [0.717, 1.165) is 11.1 Å². The van der Waals surface area contributed by atoms with Gasteiger partial charge in [-0.25, -0.2) is 0 Å². The average Bonchev–Trinajstić information content (AvgIpc) is 2.60. The highest BCUT2D eigenvalue weighted by Gasteiger charge is 2.14. The summed E-state index contributed by atoms with van der Waals surface area (Å²) in [6, 6.07) is 16.3. The van der Waals surface area contributed by atoms with Crippen LogP contribution in [-0.2, 0) is 17.8 Å². The molecule has 2 amide bonds. The summed E-state index contributed by atoms with van der Waals surface area (Å²) in [5, 5.41) is 2.83. The molecule has 0 aliphatic heterocycles. The second-order valence-corrected chi connectivity index (χ2v) is 5.91. The Morgan fingerprint density at radius 2 is 1.60 bits per heavy atom. The number of carbonyl (C=O) groups excluding carboxylic acids is 2. The lowest BCUT2D eigenvalue weighted by molar-refractivity contribution is -0.122. The van der Waals surface area contributed by atoms with Crippen LogP contribution in [0.4, 0.5) is 0 Å². The van der Waals surface area contributed by atoms with Crippen molar-refractivity contribution >= 4 is 24.2 Å². The van der Waals surface area contributed by atoms with E-state index in [1.165, 1.54) is 4.90 Å². The number of amides is 2. The number of halogens is 1. The van der Waals surface area contributed by atoms with Crippen molar-refractivity contribution in [2.24, 2.45) is 5.73 Å². The summed E-state index contributed by atoms with van der Waals surface area (Å²) in [5.74, 6) is -0.234. The second kappa shape index (κ2) is 9.81. The van der Waals surface area contributed by atoms with Gasteiger partial charge in [0.2, 0.25) is 5.91 Å². The Labute approximate surface area is 154 Å². The molecule has 0 saturated heterocycles. The van der Waals surface area contributed by atoms with Gasteiger partial charge >= 0.3 is 0 Å². The van der Waals surface area contributed by atoms with Gasteiger partial charge in [0.1, 0.15) is 0 Å². The first-order chi connectivity index (χ1) is 11.5. The Kier molecular flexibility index (Phi) is 8.11. The number of nitrogens with zero attached hydrogens (tertiary/aromatic N) is 1. The van der Waals surface area contributed by atoms with E-state index in [0.29, 0.717) is 18.5 Å². The molecule has 2 rings (SSSR count). The van der Waals surface area contributed by atoms with Gasteiger partial charge in [-0.15, -0.1) is 12.4 Å². The zero-order valence-corrected chi connectivity index (χ0v) is 15.3. The first-order valence-electron chi connectivity index (χ1n) is 7.85. The Hall–Kier alpha value is -2.37. The predicted octanol–water partition coefficient (Wildman–Crippen LogP) is 2.00. The Bertz CT molecular complexity index is 688. The van der Waals surface area contributed by atoms with Crippen LogP contribution >= 0.6 is 12.4 Å². The molecule has 0 bridgehead atoms. The standard InChI is InChI=1S/C19H23N3O2.ClH/c1-22(2)19(24)16-10-8-15(9-11-16)13-21-18(23)17(20)12-14-6-4-3-5-7-14;/h3-11,17H,12-13,20H2,1-2H3,(H,21,23);1H. The van der Waals surface area contributed by atoms with Gasteiger partial charge in [0.15, 0.2) is 0 Å². The monoisotopic (exact) mass is 361 g/mol. The van der Waals surface area contributed by atoms with Gasteiger partial charge in [0.05, 0.1) is 6.04 Å². The van der Waals surface area contributed by atoms with Crippen LogP contribution in [0.5, 0.6) is 0 Å². The van der Waals surface area contributed by atoms with E-state index in [2.05, 4.69) is 5.32 Å². The summed E-state index contributed by atoms with van der Waals surface area (Å²) in [4.78, 5) is 25.4. The van der Waals surface area contributed by atoms with Gasteiger partial charge in [-0.3, -0.25) is 9.59 Å². The lowest BCUT2D eigenvalue weighted by atomic mass is 10.1. The Morgan fingerprint density at radius 1 is 1.00 bits per heavy atom. The van der Waals surface area contributed by atoms with Crippen LogP contribution in [0.15, 0.2) is 54.6 Å². The summed E-state index contributed by atoms with van der Waals surface area (Å²) in [6.45, 7) is 0.387. The second-order valence-electron chi connectivity index (χ2n) is 5.91. The largest absolute Gasteiger partial charge is 0.351 e. The van der Waals surface area contributed by atoms with Gasteiger partial charge < -0.3 is 16.0 Å². The number of nitrogens with one attached hydrogen (secondary N) is 1. The molecule has 0 aromatic heterocycles. The summed E-state index contributed by atoms with van der Waals surface area (Å²) in [6.07, 6.45) is 0.503. The number of benzene rings is 2. The topological polar surface area (TPSA) is 75.4 Å². The number of hydrogen-bond donors (Lipinski definition) is 2. The predicted molar refractivity (Wildman–Crippen MR) is 102 cm³/mol. The molecule has 0 heterocycles. The summed E-state index contributed by atoms with van der Waals surface area (Å²) >= 11 is 0. The number of carbonyl (C=O) groups is 2. The maximum Gasteiger partial charge on any atom is 0.253 e. The van der Waals surface area contributed by atoms with Gasteiger partial charge in [0.25, 0.3) is 5.91 Å². The summed E-state index contributed by atoms with van der Waals surface area (Å²) in [7, 11) is 3.43. The highest BCUT2D eigenvalue weighted by molar-refractivity contribution is 5.93. The fourth-order valence-electron chi connectivity index (χ4n) is 2.30. The van der Waals surface area contributed by atoms with Crippen molar-refractivity contribution in [2.45, 2.75) is 19.0 Å². The van der Waals surface area contributed by atoms with E-state index < -0.39 is 6.04 Å². The van der Waals surface area contributed by atoms with Crippen LogP contribution in [0.1, 0.15) is 21.5 Å². The number of hydrogen-bond acceptors (Lipinski definition) is 3. The molecule has 2 aromatic carbocycles. The zero-order valence-electron chi connectivity index (χ0n) is 14.4. The first kappa shape index (κ1) is 20.7. The van der Waals surface area contributed by atoms with Crippen molar-refractivity contribution in [1.29, 1.82) is 0 Å². The molecule has 1 atom stereocenters. The SMILES string of the molecule is CN(C)C(=O)c1ccc(CNC(=O)C(N)Cc2ccccc2)cc1.Cl. The first-order valence-corrected chi connectivity index (χ1v) is 7.85. The fourth-order valence-corrected chi connectivity index (χ4v) is 2.30. The van der Waals surface area contributed by atoms with E-state index >= 15 is 0 Å². The highest BCUT2D eigenvalue weighted by atomic mass is 35.5. The molecule has 5 nitrogen and oxygen atoms in total. The molecule has 6 heteroatoms. The molecule has 0 aliphatic rings. The van der Waals surface area contributed by atoms with E-state index in [-0.39, 0.29) is 24.2 Å². The van der Waals surface area contributed by atoms with Gasteiger partial charge in [-0.1, -0.05) is 42.5 Å². The average molecular weight is 362 g/mol. The zero-order chi connectivity index (χ0) is 17.5. The van der Waals surface area contributed by atoms with Crippen molar-refractivity contribution in [3.63, 3.8) is 0 Å². The molecule has 0 radical (unpaired) electrons. The Morgan fingerprint density at radius 3 is 2.16 bits per heavy atom. The van der Waals surface area contributed by atoms with E-state index in [1.807, 2.05) is 42.5 Å². The molecule has 0 aliphatic carbocycles. The lowest BCUT2D eigenvalue weighted by Crippen LogP contribution is -2.41. The molecule has 1 unspecified atom stereocenters.